The summed E-state index contributed by atoms with van der Waals surface area (Å²) in [7, 11) is 0. The quantitative estimate of drug-likeness (QED) is 0.372. The van der Waals surface area contributed by atoms with Crippen molar-refractivity contribution in [3.05, 3.63) is 62.6 Å². The van der Waals surface area contributed by atoms with Gasteiger partial charge in [-0.3, -0.25) is 14.4 Å². The van der Waals surface area contributed by atoms with Crippen molar-refractivity contribution in [1.29, 1.82) is 5.26 Å². The van der Waals surface area contributed by atoms with E-state index in [0.29, 0.717) is 25.1 Å². The van der Waals surface area contributed by atoms with Gasteiger partial charge in [0.05, 0.1) is 16.8 Å². The number of hydrogen-bond acceptors (Lipinski definition) is 7. The zero-order valence-corrected chi connectivity index (χ0v) is 20.2. The number of Topliss-reactive ketones (excluding diaryl/α,β-unsaturated/α-hetero) is 1. The van der Waals surface area contributed by atoms with Crippen LogP contribution in [0.3, 0.4) is 0 Å². The molecule has 2 amide bonds. The third-order valence-corrected chi connectivity index (χ3v) is 7.54. The number of rotatable bonds is 6. The maximum atomic E-state index is 13.8. The standard InChI is InChI=1S/C24H19F3N6O3S/c1-12-17(20(35)30-14-4-5-15(25)13(7-14)8-28)16-3-2-6-33(16)18(12)19(34)21(36)31-23(9-24(26,27)10-23)22-32-29-11-37-22/h4-5,7,11H,2-3,6,9-10H2,1H3,(H,30,35)(H,31,36). The topological polar surface area (TPSA) is 130 Å². The lowest BCUT2D eigenvalue weighted by Crippen LogP contribution is -2.61. The minimum Gasteiger partial charge on any atom is -0.341 e. The van der Waals surface area contributed by atoms with Gasteiger partial charge >= 0.3 is 0 Å². The second-order valence-corrected chi connectivity index (χ2v) is 9.96. The predicted molar refractivity (Wildman–Crippen MR) is 125 cm³/mol. The highest BCUT2D eigenvalue weighted by atomic mass is 32.1. The molecule has 2 aromatic heterocycles. The average Bonchev–Trinajstić information content (AvgIpc) is 3.56. The number of carbonyl (C=O) groups excluding carboxylic acids is 3. The first-order chi connectivity index (χ1) is 17.5. The van der Waals surface area contributed by atoms with E-state index in [1.54, 1.807) is 10.6 Å². The number of nitrogens with one attached hydrogen (secondary N) is 2. The highest BCUT2D eigenvalue weighted by Crippen LogP contribution is 2.52. The summed E-state index contributed by atoms with van der Waals surface area (Å²) in [5.41, 5.74) is 0.841. The SMILES string of the molecule is Cc1c(C(=O)Nc2ccc(F)c(C#N)c2)c2n(c1C(=O)C(=O)NC1(c3nncs3)CC(F)(F)C1)CCC2. The minimum absolute atomic E-state index is 0.00506. The summed E-state index contributed by atoms with van der Waals surface area (Å²) in [5.74, 6) is -6.35. The molecule has 13 heteroatoms. The molecule has 2 aliphatic rings. The van der Waals surface area contributed by atoms with E-state index < -0.39 is 47.7 Å². The van der Waals surface area contributed by atoms with Crippen LogP contribution in [0.25, 0.3) is 0 Å². The van der Waals surface area contributed by atoms with E-state index >= 15 is 0 Å². The molecule has 0 radical (unpaired) electrons. The van der Waals surface area contributed by atoms with E-state index in [4.69, 9.17) is 5.26 Å². The second-order valence-electron chi connectivity index (χ2n) is 9.13. The number of alkyl halides is 2. The molecular weight excluding hydrogens is 509 g/mol. The molecule has 3 aromatic rings. The van der Waals surface area contributed by atoms with E-state index in [1.165, 1.54) is 24.6 Å². The summed E-state index contributed by atoms with van der Waals surface area (Å²) in [6.07, 6.45) is -0.287. The second kappa shape index (κ2) is 8.81. The Labute approximate surface area is 212 Å². The third-order valence-electron chi connectivity index (χ3n) is 6.65. The van der Waals surface area contributed by atoms with Crippen LogP contribution in [-0.4, -0.2) is 38.3 Å². The summed E-state index contributed by atoms with van der Waals surface area (Å²) in [6.45, 7) is 1.93. The number of anilines is 1. The Kier molecular flexibility index (Phi) is 5.86. The van der Waals surface area contributed by atoms with Crippen molar-refractivity contribution in [2.75, 3.05) is 5.32 Å². The Bertz CT molecular complexity index is 1480. The number of nitrogens with zero attached hydrogens (tertiary/aromatic N) is 4. The van der Waals surface area contributed by atoms with Crippen LogP contribution >= 0.6 is 11.3 Å². The van der Waals surface area contributed by atoms with Crippen molar-refractivity contribution in [3.8, 4) is 6.07 Å². The maximum absolute atomic E-state index is 13.8. The summed E-state index contributed by atoms with van der Waals surface area (Å²) in [6, 6.07) is 5.26. The Morgan fingerprint density at radius 1 is 1.24 bits per heavy atom. The van der Waals surface area contributed by atoms with Gasteiger partial charge in [-0.2, -0.15) is 5.26 Å². The fourth-order valence-corrected chi connectivity index (χ4v) is 5.79. The number of aromatic nitrogens is 3. The van der Waals surface area contributed by atoms with Crippen LogP contribution < -0.4 is 10.6 Å². The smallest absolute Gasteiger partial charge is 0.294 e. The molecule has 9 nitrogen and oxygen atoms in total. The van der Waals surface area contributed by atoms with E-state index in [9.17, 15) is 27.6 Å². The molecule has 0 spiro atoms. The lowest BCUT2D eigenvalue weighted by molar-refractivity contribution is -0.147. The van der Waals surface area contributed by atoms with Crippen LogP contribution in [0.15, 0.2) is 23.7 Å². The van der Waals surface area contributed by atoms with Gasteiger partial charge in [0.1, 0.15) is 27.9 Å². The number of benzene rings is 1. The maximum Gasteiger partial charge on any atom is 0.294 e. The van der Waals surface area contributed by atoms with Gasteiger partial charge < -0.3 is 15.2 Å². The van der Waals surface area contributed by atoms with Crippen molar-refractivity contribution >= 4 is 34.6 Å². The van der Waals surface area contributed by atoms with Gasteiger partial charge in [0.15, 0.2) is 0 Å². The van der Waals surface area contributed by atoms with Gasteiger partial charge in [0, 0.05) is 30.8 Å². The van der Waals surface area contributed by atoms with Gasteiger partial charge in [0.25, 0.3) is 23.5 Å². The summed E-state index contributed by atoms with van der Waals surface area (Å²) in [5, 5.41) is 21.8. The van der Waals surface area contributed by atoms with E-state index in [-0.39, 0.29) is 33.1 Å². The number of nitriles is 1. The molecular formula is C24H19F3N6O3S. The molecule has 3 heterocycles. The number of amides is 2. The molecule has 0 atom stereocenters. The van der Waals surface area contributed by atoms with Crippen molar-refractivity contribution in [2.45, 2.75) is 50.6 Å². The van der Waals surface area contributed by atoms with Gasteiger partial charge in [-0.15, -0.1) is 21.5 Å². The monoisotopic (exact) mass is 528 g/mol. The number of halogens is 3. The molecule has 0 unspecified atom stereocenters. The number of hydrogen-bond donors (Lipinski definition) is 2. The van der Waals surface area contributed by atoms with Crippen LogP contribution in [0, 0.1) is 24.1 Å². The van der Waals surface area contributed by atoms with E-state index in [2.05, 4.69) is 20.8 Å². The lowest BCUT2D eigenvalue weighted by Gasteiger charge is -2.45. The highest BCUT2D eigenvalue weighted by Gasteiger charge is 2.60. The Morgan fingerprint density at radius 3 is 2.65 bits per heavy atom. The van der Waals surface area contributed by atoms with E-state index in [1.807, 2.05) is 0 Å². The summed E-state index contributed by atoms with van der Waals surface area (Å²) in [4.78, 5) is 39.6. The highest BCUT2D eigenvalue weighted by molar-refractivity contribution is 7.09. The Morgan fingerprint density at radius 2 is 2.00 bits per heavy atom. The molecule has 5 rings (SSSR count). The van der Waals surface area contributed by atoms with Gasteiger partial charge in [-0.05, 0) is 43.5 Å². The third kappa shape index (κ3) is 4.17. The first-order valence-electron chi connectivity index (χ1n) is 11.3. The molecule has 1 aliphatic carbocycles. The van der Waals surface area contributed by atoms with Crippen molar-refractivity contribution in [1.82, 2.24) is 20.1 Å². The van der Waals surface area contributed by atoms with Gasteiger partial charge in [0.2, 0.25) is 0 Å². The van der Waals surface area contributed by atoms with Crippen molar-refractivity contribution < 1.29 is 27.6 Å². The molecule has 0 bridgehead atoms. The number of fused-ring (bicyclic) bond motifs is 1. The molecule has 2 N–H and O–H groups in total. The molecule has 1 saturated carbocycles. The molecule has 190 valence electrons. The van der Waals surface area contributed by atoms with Gasteiger partial charge in [-0.1, -0.05) is 0 Å². The summed E-state index contributed by atoms with van der Waals surface area (Å²) >= 11 is 1.01. The average molecular weight is 529 g/mol. The molecule has 0 saturated heterocycles. The predicted octanol–water partition coefficient (Wildman–Crippen LogP) is 3.48. The van der Waals surface area contributed by atoms with Gasteiger partial charge in [-0.25, -0.2) is 13.2 Å². The molecule has 1 aliphatic heterocycles. The number of carbonyl (C=O) groups is 3. The first kappa shape index (κ1) is 24.6. The largest absolute Gasteiger partial charge is 0.341 e. The van der Waals surface area contributed by atoms with Crippen LogP contribution in [-0.2, 0) is 23.3 Å². The zero-order valence-electron chi connectivity index (χ0n) is 19.4. The van der Waals surface area contributed by atoms with E-state index in [0.717, 1.165) is 17.4 Å². The Balaban J connectivity index is 1.43. The van der Waals surface area contributed by atoms with Crippen LogP contribution in [0.5, 0.6) is 0 Å². The number of ketones is 1. The first-order valence-corrected chi connectivity index (χ1v) is 12.2. The van der Waals surface area contributed by atoms with Crippen molar-refractivity contribution in [2.24, 2.45) is 0 Å². The normalized spacial score (nSPS) is 16.8. The fourth-order valence-electron chi connectivity index (χ4n) is 5.08. The molecule has 1 aromatic carbocycles. The molecule has 1 fully saturated rings. The van der Waals surface area contributed by atoms with Crippen LogP contribution in [0.4, 0.5) is 18.9 Å². The minimum atomic E-state index is -3.01. The Hall–Kier alpha value is -4.05. The zero-order chi connectivity index (χ0) is 26.5. The van der Waals surface area contributed by atoms with Crippen LogP contribution in [0.1, 0.15) is 61.9 Å². The van der Waals surface area contributed by atoms with Crippen molar-refractivity contribution in [3.63, 3.8) is 0 Å². The van der Waals surface area contributed by atoms with Crippen LogP contribution in [0.2, 0.25) is 0 Å². The fraction of sp³-hybridized carbons (Fsp3) is 0.333. The molecule has 37 heavy (non-hydrogen) atoms. The summed E-state index contributed by atoms with van der Waals surface area (Å²) < 4.78 is 42.9. The lowest BCUT2D eigenvalue weighted by atomic mass is 9.73.